The number of hydrogen-bond donors (Lipinski definition) is 0. The summed E-state index contributed by atoms with van der Waals surface area (Å²) in [6.07, 6.45) is 1.88. The number of unbranched alkanes of at least 4 members (excludes halogenated alkanes) is 2. The molecule has 0 aliphatic carbocycles. The minimum Gasteiger partial charge on any atom is -0.201 e. The summed E-state index contributed by atoms with van der Waals surface area (Å²) in [6, 6.07) is 12.4. The van der Waals surface area contributed by atoms with Crippen LogP contribution in [0.1, 0.15) is 31.2 Å². The zero-order valence-corrected chi connectivity index (χ0v) is 10.3. The van der Waals surface area contributed by atoms with Crippen LogP contribution in [0.25, 0.3) is 10.8 Å². The summed E-state index contributed by atoms with van der Waals surface area (Å²) in [5.41, 5.74) is 0.143. The zero-order chi connectivity index (χ0) is 13.0. The van der Waals surface area contributed by atoms with Crippen molar-refractivity contribution >= 4 is 10.8 Å². The minimum atomic E-state index is -2.75. The Balaban J connectivity index is 2.34. The Morgan fingerprint density at radius 1 is 0.944 bits per heavy atom. The van der Waals surface area contributed by atoms with Gasteiger partial charge in [-0.05, 0) is 17.2 Å². The van der Waals surface area contributed by atoms with Crippen LogP contribution in [0, 0.1) is 6.92 Å². The lowest BCUT2D eigenvalue weighted by atomic mass is 9.96. The maximum absolute atomic E-state index is 14.2. The lowest BCUT2D eigenvalue weighted by molar-refractivity contribution is -0.0141. The Hall–Kier alpha value is -1.44. The molecule has 0 aliphatic rings. The van der Waals surface area contributed by atoms with E-state index in [1.54, 1.807) is 18.2 Å². The van der Waals surface area contributed by atoms with Gasteiger partial charge in [-0.3, -0.25) is 0 Å². The molecule has 2 rings (SSSR count). The zero-order valence-electron chi connectivity index (χ0n) is 10.3. The molecule has 0 atom stereocenters. The van der Waals surface area contributed by atoms with Gasteiger partial charge < -0.3 is 0 Å². The average Bonchev–Trinajstić information content (AvgIpc) is 2.38. The SMILES string of the molecule is [CH2]CCCCC(F)(F)c1cccc2ccccc12. The van der Waals surface area contributed by atoms with Crippen molar-refractivity contribution in [2.24, 2.45) is 0 Å². The number of rotatable bonds is 5. The largest absolute Gasteiger partial charge is 0.273 e. The molecule has 0 unspecified atom stereocenters. The molecule has 0 spiro atoms. The van der Waals surface area contributed by atoms with Gasteiger partial charge in [-0.1, -0.05) is 62.2 Å². The fourth-order valence-corrected chi connectivity index (χ4v) is 2.20. The summed E-state index contributed by atoms with van der Waals surface area (Å²) in [5.74, 6) is -2.75. The van der Waals surface area contributed by atoms with Crippen LogP contribution in [0.15, 0.2) is 42.5 Å². The summed E-state index contributed by atoms with van der Waals surface area (Å²) in [4.78, 5) is 0. The van der Waals surface area contributed by atoms with Gasteiger partial charge in [0, 0.05) is 12.0 Å². The van der Waals surface area contributed by atoms with E-state index in [9.17, 15) is 8.78 Å². The van der Waals surface area contributed by atoms with E-state index >= 15 is 0 Å². The molecular formula is C16H17F2. The first-order chi connectivity index (χ1) is 8.65. The van der Waals surface area contributed by atoms with Crippen molar-refractivity contribution in [3.05, 3.63) is 55.0 Å². The molecular weight excluding hydrogens is 230 g/mol. The Morgan fingerprint density at radius 2 is 1.67 bits per heavy atom. The van der Waals surface area contributed by atoms with E-state index in [0.717, 1.165) is 11.8 Å². The second-order valence-corrected chi connectivity index (χ2v) is 4.54. The van der Waals surface area contributed by atoms with E-state index in [2.05, 4.69) is 6.92 Å². The monoisotopic (exact) mass is 247 g/mol. The van der Waals surface area contributed by atoms with Gasteiger partial charge in [-0.2, -0.15) is 0 Å². The number of alkyl halides is 2. The molecule has 18 heavy (non-hydrogen) atoms. The Kier molecular flexibility index (Phi) is 3.95. The molecule has 2 heteroatoms. The molecule has 0 amide bonds. The molecule has 2 aromatic rings. The van der Waals surface area contributed by atoms with Crippen molar-refractivity contribution in [1.82, 2.24) is 0 Å². The third kappa shape index (κ3) is 2.69. The summed E-state index contributed by atoms with van der Waals surface area (Å²) in [6.45, 7) is 3.68. The lowest BCUT2D eigenvalue weighted by Gasteiger charge is -2.18. The normalized spacial score (nSPS) is 11.9. The topological polar surface area (TPSA) is 0 Å². The van der Waals surface area contributed by atoms with Gasteiger partial charge in [0.15, 0.2) is 0 Å². The molecule has 0 saturated carbocycles. The fraction of sp³-hybridized carbons (Fsp3) is 0.312. The van der Waals surface area contributed by atoms with Crippen molar-refractivity contribution in [3.63, 3.8) is 0 Å². The third-order valence-corrected chi connectivity index (χ3v) is 3.17. The smallest absolute Gasteiger partial charge is 0.201 e. The van der Waals surface area contributed by atoms with E-state index < -0.39 is 5.92 Å². The Labute approximate surface area is 107 Å². The van der Waals surface area contributed by atoms with Crippen LogP contribution in [-0.4, -0.2) is 0 Å². The van der Waals surface area contributed by atoms with Crippen molar-refractivity contribution in [3.8, 4) is 0 Å². The molecule has 0 saturated heterocycles. The second kappa shape index (κ2) is 5.47. The molecule has 0 aromatic heterocycles. The van der Waals surface area contributed by atoms with E-state index in [1.165, 1.54) is 6.07 Å². The first kappa shape index (κ1) is 13.0. The first-order valence-electron chi connectivity index (χ1n) is 6.30. The van der Waals surface area contributed by atoms with E-state index in [1.807, 2.05) is 18.2 Å². The highest BCUT2D eigenvalue weighted by Crippen LogP contribution is 2.37. The van der Waals surface area contributed by atoms with Gasteiger partial charge in [0.2, 0.25) is 0 Å². The van der Waals surface area contributed by atoms with E-state index in [0.29, 0.717) is 18.2 Å². The van der Waals surface area contributed by atoms with Crippen LogP contribution in [0.3, 0.4) is 0 Å². The highest BCUT2D eigenvalue weighted by atomic mass is 19.3. The molecule has 0 fully saturated rings. The predicted molar refractivity (Wildman–Crippen MR) is 71.7 cm³/mol. The maximum Gasteiger partial charge on any atom is 0.273 e. The molecule has 0 N–H and O–H groups in total. The standard InChI is InChI=1S/C16H17F2/c1-2-3-6-12-16(17,18)15-11-7-9-13-8-4-5-10-14(13)15/h4-5,7-11H,1-3,6,12H2. The molecule has 0 aliphatic heterocycles. The maximum atomic E-state index is 14.2. The molecule has 1 radical (unpaired) electrons. The lowest BCUT2D eigenvalue weighted by Crippen LogP contribution is -2.13. The summed E-state index contributed by atoms with van der Waals surface area (Å²) in [7, 11) is 0. The third-order valence-electron chi connectivity index (χ3n) is 3.17. The Bertz CT molecular complexity index is 512. The van der Waals surface area contributed by atoms with Crippen LogP contribution in [-0.2, 0) is 5.92 Å². The second-order valence-electron chi connectivity index (χ2n) is 4.54. The molecule has 0 heterocycles. The summed E-state index contributed by atoms with van der Waals surface area (Å²) >= 11 is 0. The van der Waals surface area contributed by atoms with Crippen LogP contribution < -0.4 is 0 Å². The molecule has 0 bridgehead atoms. The van der Waals surface area contributed by atoms with Gasteiger partial charge in [-0.25, -0.2) is 8.78 Å². The first-order valence-corrected chi connectivity index (χ1v) is 6.30. The van der Waals surface area contributed by atoms with Gasteiger partial charge in [0.05, 0.1) is 0 Å². The van der Waals surface area contributed by atoms with Crippen LogP contribution in [0.2, 0.25) is 0 Å². The average molecular weight is 247 g/mol. The highest BCUT2D eigenvalue weighted by molar-refractivity contribution is 5.86. The summed E-state index contributed by atoms with van der Waals surface area (Å²) in [5, 5.41) is 1.52. The van der Waals surface area contributed by atoms with Gasteiger partial charge >= 0.3 is 0 Å². The number of benzene rings is 2. The van der Waals surface area contributed by atoms with Crippen molar-refractivity contribution in [1.29, 1.82) is 0 Å². The fourth-order valence-electron chi connectivity index (χ4n) is 2.20. The quantitative estimate of drug-likeness (QED) is 0.627. The Morgan fingerprint density at radius 3 is 2.44 bits per heavy atom. The summed E-state index contributed by atoms with van der Waals surface area (Å²) < 4.78 is 28.4. The van der Waals surface area contributed by atoms with Crippen molar-refractivity contribution in [2.75, 3.05) is 0 Å². The van der Waals surface area contributed by atoms with Gasteiger partial charge in [-0.15, -0.1) is 0 Å². The number of fused-ring (bicyclic) bond motifs is 1. The van der Waals surface area contributed by atoms with Crippen molar-refractivity contribution in [2.45, 2.75) is 31.6 Å². The molecule has 2 aromatic carbocycles. The highest BCUT2D eigenvalue weighted by Gasteiger charge is 2.32. The predicted octanol–water partition coefficient (Wildman–Crippen LogP) is 5.33. The van der Waals surface area contributed by atoms with Gasteiger partial charge in [0.1, 0.15) is 0 Å². The molecule has 0 nitrogen and oxygen atoms in total. The minimum absolute atomic E-state index is 0.101. The number of halogens is 2. The van der Waals surface area contributed by atoms with E-state index in [4.69, 9.17) is 0 Å². The number of hydrogen-bond acceptors (Lipinski definition) is 0. The van der Waals surface area contributed by atoms with Crippen LogP contribution >= 0.6 is 0 Å². The van der Waals surface area contributed by atoms with Gasteiger partial charge in [0.25, 0.3) is 5.92 Å². The van der Waals surface area contributed by atoms with E-state index in [-0.39, 0.29) is 12.0 Å². The van der Waals surface area contributed by atoms with Crippen molar-refractivity contribution < 1.29 is 8.78 Å². The molecule has 95 valence electrons. The van der Waals surface area contributed by atoms with Crippen LogP contribution in [0.5, 0.6) is 0 Å². The van der Waals surface area contributed by atoms with Crippen LogP contribution in [0.4, 0.5) is 8.78 Å².